The minimum Gasteiger partial charge on any atom is -0.380 e. The minimum atomic E-state index is -1.59. The van der Waals surface area contributed by atoms with Crippen molar-refractivity contribution in [2.24, 2.45) is 0 Å². The summed E-state index contributed by atoms with van der Waals surface area (Å²) in [5, 5.41) is 20.7. The van der Waals surface area contributed by atoms with Gasteiger partial charge in [0.15, 0.2) is 5.78 Å². The van der Waals surface area contributed by atoms with Gasteiger partial charge in [-0.3, -0.25) is 14.3 Å². The molecule has 166 valence electrons. The van der Waals surface area contributed by atoms with Crippen molar-refractivity contribution in [2.45, 2.75) is 44.9 Å². The first-order valence-corrected chi connectivity index (χ1v) is 11.1. The van der Waals surface area contributed by atoms with E-state index >= 15 is 0 Å². The van der Waals surface area contributed by atoms with Crippen LogP contribution in [0.2, 0.25) is 10.0 Å². The maximum atomic E-state index is 13.1. The predicted octanol–water partition coefficient (Wildman–Crippen LogP) is 3.31. The highest BCUT2D eigenvalue weighted by molar-refractivity contribution is 6.42. The lowest BCUT2D eigenvalue weighted by Crippen LogP contribution is -2.44. The first-order valence-electron chi connectivity index (χ1n) is 10.3. The summed E-state index contributed by atoms with van der Waals surface area (Å²) in [7, 11) is 0. The number of rotatable bonds is 3. The van der Waals surface area contributed by atoms with Crippen LogP contribution in [0.15, 0.2) is 29.0 Å². The lowest BCUT2D eigenvalue weighted by Gasteiger charge is -2.27. The third-order valence-electron chi connectivity index (χ3n) is 6.16. The molecule has 0 fully saturated rings. The van der Waals surface area contributed by atoms with Crippen LogP contribution in [-0.2, 0) is 30.7 Å². The molecule has 0 radical (unpaired) electrons. The smallest absolute Gasteiger partial charge is 0.254 e. The van der Waals surface area contributed by atoms with Crippen molar-refractivity contribution in [3.63, 3.8) is 0 Å². The summed E-state index contributed by atoms with van der Waals surface area (Å²) in [5.41, 5.74) is 2.38. The summed E-state index contributed by atoms with van der Waals surface area (Å²) < 4.78 is 6.83. The number of hydrogen-bond donors (Lipinski definition) is 1. The van der Waals surface area contributed by atoms with Crippen LogP contribution in [0.1, 0.15) is 40.5 Å². The quantitative estimate of drug-likeness (QED) is 0.624. The number of carbonyl (C=O) groups excluding carboxylic acids is 2. The van der Waals surface area contributed by atoms with Gasteiger partial charge in [-0.25, -0.2) is 0 Å². The summed E-state index contributed by atoms with van der Waals surface area (Å²) in [5.74, 6) is -0.428. The normalized spacial score (nSPS) is 19.7. The molecule has 1 N–H and O–H groups in total. The van der Waals surface area contributed by atoms with Crippen LogP contribution in [0, 0.1) is 0 Å². The second kappa shape index (κ2) is 7.72. The van der Waals surface area contributed by atoms with Gasteiger partial charge >= 0.3 is 0 Å². The first kappa shape index (κ1) is 21.2. The molecular formula is C22H20Cl2N4O4. The zero-order valence-electron chi connectivity index (χ0n) is 17.3. The molecule has 8 nitrogen and oxygen atoms in total. The molecule has 32 heavy (non-hydrogen) atoms. The number of halogens is 2. The second-order valence-electron chi connectivity index (χ2n) is 8.21. The summed E-state index contributed by atoms with van der Waals surface area (Å²) >= 11 is 12.1. The maximum Gasteiger partial charge on any atom is 0.254 e. The summed E-state index contributed by atoms with van der Waals surface area (Å²) in [6.07, 6.45) is 2.30. The van der Waals surface area contributed by atoms with Crippen LogP contribution in [-0.4, -0.2) is 48.8 Å². The summed E-state index contributed by atoms with van der Waals surface area (Å²) in [6, 6.07) is 4.81. The largest absolute Gasteiger partial charge is 0.380 e. The van der Waals surface area contributed by atoms with Crippen molar-refractivity contribution in [2.75, 3.05) is 6.54 Å². The number of fused-ring (bicyclic) bond motifs is 5. The number of nitrogens with zero attached hydrogens (tertiary/aromatic N) is 4. The fourth-order valence-corrected chi connectivity index (χ4v) is 4.80. The molecule has 5 rings (SSSR count). The predicted molar refractivity (Wildman–Crippen MR) is 117 cm³/mol. The van der Waals surface area contributed by atoms with E-state index in [1.54, 1.807) is 34.7 Å². The van der Waals surface area contributed by atoms with Gasteiger partial charge in [0.2, 0.25) is 0 Å². The van der Waals surface area contributed by atoms with Gasteiger partial charge in [0.25, 0.3) is 5.91 Å². The molecule has 1 unspecified atom stereocenters. The van der Waals surface area contributed by atoms with E-state index in [-0.39, 0.29) is 31.1 Å². The van der Waals surface area contributed by atoms with Gasteiger partial charge in [0.05, 0.1) is 34.5 Å². The number of benzene rings is 1. The third kappa shape index (κ3) is 3.34. The minimum absolute atomic E-state index is 0.0269. The van der Waals surface area contributed by atoms with Crippen molar-refractivity contribution in [1.82, 2.24) is 19.8 Å². The summed E-state index contributed by atoms with van der Waals surface area (Å²) in [6.45, 7) is 2.54. The Bertz CT molecular complexity index is 1250. The van der Waals surface area contributed by atoms with Crippen molar-refractivity contribution in [3.8, 4) is 11.4 Å². The molecular weight excluding hydrogens is 455 g/mol. The molecule has 0 spiro atoms. The van der Waals surface area contributed by atoms with E-state index in [0.29, 0.717) is 52.1 Å². The number of amides is 1. The Balaban J connectivity index is 1.54. The lowest BCUT2D eigenvalue weighted by atomic mass is 9.89. The van der Waals surface area contributed by atoms with Gasteiger partial charge in [-0.1, -0.05) is 35.3 Å². The molecule has 0 bridgehead atoms. The fraction of sp³-hybridized carbons (Fsp3) is 0.364. The standard InChI is InChI=1S/C22H20Cl2N4O4/c1-2-18(29)22(31)8-13-10-32-26-19(13)20-14-9-27(6-5-17(14)25-28(20)11-22)21(30)12-3-4-15(23)16(24)7-12/h3-4,7,10,31H,2,5-6,8-9,11H2,1H3. The molecule has 4 heterocycles. The number of hydrogen-bond acceptors (Lipinski definition) is 6. The molecule has 0 aliphatic carbocycles. The molecule has 1 aromatic carbocycles. The van der Waals surface area contributed by atoms with Crippen molar-refractivity contribution in [1.29, 1.82) is 0 Å². The van der Waals surface area contributed by atoms with Crippen LogP contribution in [0.4, 0.5) is 0 Å². The maximum absolute atomic E-state index is 13.1. The molecule has 1 atom stereocenters. The van der Waals surface area contributed by atoms with Gasteiger partial charge in [0, 0.05) is 42.5 Å². The topological polar surface area (TPSA) is 101 Å². The SMILES string of the molecule is CCC(=O)C1(O)Cc2conc2-c2c3c(nn2C1)CCN(C(=O)c1ccc(Cl)c(Cl)c1)C3. The third-order valence-corrected chi connectivity index (χ3v) is 6.90. The van der Waals surface area contributed by atoms with Gasteiger partial charge in [-0.2, -0.15) is 5.10 Å². The van der Waals surface area contributed by atoms with E-state index in [4.69, 9.17) is 27.7 Å². The van der Waals surface area contributed by atoms with Crippen LogP contribution >= 0.6 is 23.2 Å². The molecule has 0 saturated heterocycles. The fourth-order valence-electron chi connectivity index (χ4n) is 4.50. The van der Waals surface area contributed by atoms with Crippen LogP contribution < -0.4 is 0 Å². The average molecular weight is 475 g/mol. The molecule has 2 aliphatic heterocycles. The van der Waals surface area contributed by atoms with Gasteiger partial charge < -0.3 is 14.5 Å². The Labute approximate surface area is 193 Å². The Morgan fingerprint density at radius 1 is 1.28 bits per heavy atom. The molecule has 1 amide bonds. The van der Waals surface area contributed by atoms with E-state index in [1.807, 2.05) is 0 Å². The first-order chi connectivity index (χ1) is 15.3. The zero-order valence-corrected chi connectivity index (χ0v) is 18.8. The Morgan fingerprint density at radius 2 is 2.09 bits per heavy atom. The van der Waals surface area contributed by atoms with Crippen LogP contribution in [0.25, 0.3) is 11.4 Å². The van der Waals surface area contributed by atoms with Gasteiger partial charge in [-0.15, -0.1) is 0 Å². The lowest BCUT2D eigenvalue weighted by molar-refractivity contribution is -0.138. The summed E-state index contributed by atoms with van der Waals surface area (Å²) in [4.78, 5) is 27.4. The Hall–Kier alpha value is -2.68. The van der Waals surface area contributed by atoms with E-state index < -0.39 is 5.60 Å². The van der Waals surface area contributed by atoms with E-state index in [0.717, 1.165) is 11.3 Å². The van der Waals surface area contributed by atoms with Crippen LogP contribution in [0.5, 0.6) is 0 Å². The van der Waals surface area contributed by atoms with E-state index in [9.17, 15) is 14.7 Å². The Kier molecular flexibility index (Phi) is 5.11. The molecule has 10 heteroatoms. The van der Waals surface area contributed by atoms with E-state index in [1.165, 1.54) is 6.26 Å². The van der Waals surface area contributed by atoms with Gasteiger partial charge in [0.1, 0.15) is 17.6 Å². The molecule has 2 aromatic heterocycles. The molecule has 3 aromatic rings. The number of ketones is 1. The molecule has 2 aliphatic rings. The highest BCUT2D eigenvalue weighted by Crippen LogP contribution is 2.37. The highest BCUT2D eigenvalue weighted by atomic mass is 35.5. The monoisotopic (exact) mass is 474 g/mol. The number of aliphatic hydroxyl groups is 1. The van der Waals surface area contributed by atoms with Crippen LogP contribution in [0.3, 0.4) is 0 Å². The zero-order chi connectivity index (χ0) is 22.6. The average Bonchev–Trinajstić information content (AvgIpc) is 3.34. The Morgan fingerprint density at radius 3 is 2.84 bits per heavy atom. The van der Waals surface area contributed by atoms with Crippen molar-refractivity contribution in [3.05, 3.63) is 56.9 Å². The van der Waals surface area contributed by atoms with Crippen molar-refractivity contribution < 1.29 is 19.2 Å². The van der Waals surface area contributed by atoms with Gasteiger partial charge in [-0.05, 0) is 18.2 Å². The highest BCUT2D eigenvalue weighted by Gasteiger charge is 2.42. The number of Topliss-reactive ketones (excluding diaryl/α,β-unsaturated/α-hetero) is 1. The second-order valence-corrected chi connectivity index (χ2v) is 9.02. The number of aromatic nitrogens is 3. The van der Waals surface area contributed by atoms with Crippen molar-refractivity contribution >= 4 is 34.9 Å². The van der Waals surface area contributed by atoms with E-state index in [2.05, 4.69) is 10.3 Å². The number of carbonyl (C=O) groups is 2. The molecule has 0 saturated carbocycles.